The van der Waals surface area contributed by atoms with Crippen LogP contribution in [-0.4, -0.2) is 59.8 Å². The predicted molar refractivity (Wildman–Crippen MR) is 115 cm³/mol. The first-order valence-corrected chi connectivity index (χ1v) is 10.4. The quantitative estimate of drug-likeness (QED) is 0.518. The van der Waals surface area contributed by atoms with Crippen molar-refractivity contribution in [2.45, 2.75) is 32.7 Å². The van der Waals surface area contributed by atoms with E-state index in [1.165, 1.54) is 0 Å². The number of carbonyl (C=O) groups is 1. The van der Waals surface area contributed by atoms with Gasteiger partial charge in [0.2, 0.25) is 0 Å². The Kier molecular flexibility index (Phi) is 6.42. The average molecular weight is 398 g/mol. The summed E-state index contributed by atoms with van der Waals surface area (Å²) in [5, 5.41) is 24.1. The van der Waals surface area contributed by atoms with Crippen LogP contribution in [0.5, 0.6) is 5.75 Å². The van der Waals surface area contributed by atoms with Crippen LogP contribution in [0.25, 0.3) is 0 Å². The predicted octanol–water partition coefficient (Wildman–Crippen LogP) is 2.83. The van der Waals surface area contributed by atoms with Gasteiger partial charge in [-0.05, 0) is 17.5 Å². The first-order valence-electron chi connectivity index (χ1n) is 10.4. The standard InChI is InChI=1S/C24H32N2O3/c1-24(2,3)21-16-19(22(28)18-7-5-4-6-8-18)15-20(23(21)29)17-26(13-14-27)11-9-25-10-12-26/h4-8,15-16,25,27H,9-14,17H2,1-3H3/p+1. The summed E-state index contributed by atoms with van der Waals surface area (Å²) in [5.41, 5.74) is 2.52. The number of hydrogen-bond donors (Lipinski definition) is 3. The van der Waals surface area contributed by atoms with Crippen LogP contribution < -0.4 is 5.32 Å². The van der Waals surface area contributed by atoms with E-state index in [9.17, 15) is 15.0 Å². The van der Waals surface area contributed by atoms with Crippen LogP contribution in [0.2, 0.25) is 0 Å². The van der Waals surface area contributed by atoms with Crippen molar-refractivity contribution in [3.8, 4) is 5.75 Å². The number of nitrogens with one attached hydrogen (secondary N) is 1. The molecule has 0 radical (unpaired) electrons. The molecule has 3 rings (SSSR count). The maximum atomic E-state index is 13.2. The Bertz CT molecular complexity index is 845. The minimum atomic E-state index is -0.295. The minimum Gasteiger partial charge on any atom is -0.507 e. The zero-order valence-electron chi connectivity index (χ0n) is 17.7. The monoisotopic (exact) mass is 397 g/mol. The van der Waals surface area contributed by atoms with E-state index in [0.717, 1.165) is 37.3 Å². The molecule has 1 fully saturated rings. The van der Waals surface area contributed by atoms with E-state index in [0.29, 0.717) is 28.7 Å². The molecule has 0 aromatic heterocycles. The van der Waals surface area contributed by atoms with Crippen molar-refractivity contribution in [2.24, 2.45) is 0 Å². The number of aliphatic hydroxyl groups is 1. The molecular formula is C24H33N2O3+. The van der Waals surface area contributed by atoms with Crippen LogP contribution in [-0.2, 0) is 12.0 Å². The van der Waals surface area contributed by atoms with Crippen LogP contribution in [0.4, 0.5) is 0 Å². The normalized spacial score (nSPS) is 16.6. The topological polar surface area (TPSA) is 69.6 Å². The van der Waals surface area contributed by atoms with E-state index in [1.54, 1.807) is 0 Å². The van der Waals surface area contributed by atoms with Crippen molar-refractivity contribution < 1.29 is 19.5 Å². The lowest BCUT2D eigenvalue weighted by Gasteiger charge is -2.42. The van der Waals surface area contributed by atoms with Gasteiger partial charge in [-0.25, -0.2) is 0 Å². The SMILES string of the molecule is CC(C)(C)c1cc(C(=O)c2ccccc2)cc(C[N+]2(CCO)CCNCC2)c1O. The van der Waals surface area contributed by atoms with Gasteiger partial charge < -0.3 is 20.0 Å². The Labute approximate surface area is 173 Å². The number of carbonyl (C=O) groups excluding carboxylic acids is 1. The van der Waals surface area contributed by atoms with Gasteiger partial charge in [-0.15, -0.1) is 0 Å². The highest BCUT2D eigenvalue weighted by Crippen LogP contribution is 2.36. The fraction of sp³-hybridized carbons (Fsp3) is 0.458. The number of nitrogens with zero attached hydrogens (tertiary/aromatic N) is 1. The third-order valence-corrected chi connectivity index (χ3v) is 5.90. The minimum absolute atomic E-state index is 0.0358. The van der Waals surface area contributed by atoms with Gasteiger partial charge >= 0.3 is 0 Å². The van der Waals surface area contributed by atoms with Crippen molar-refractivity contribution in [1.82, 2.24) is 5.32 Å². The van der Waals surface area contributed by atoms with Crippen LogP contribution in [0.15, 0.2) is 42.5 Å². The molecule has 0 aliphatic carbocycles. The zero-order valence-corrected chi connectivity index (χ0v) is 17.7. The van der Waals surface area contributed by atoms with Crippen LogP contribution >= 0.6 is 0 Å². The summed E-state index contributed by atoms with van der Waals surface area (Å²) in [7, 11) is 0. The van der Waals surface area contributed by atoms with Crippen LogP contribution in [0.1, 0.15) is 47.8 Å². The van der Waals surface area contributed by atoms with E-state index >= 15 is 0 Å². The lowest BCUT2D eigenvalue weighted by atomic mass is 9.83. The van der Waals surface area contributed by atoms with Gasteiger partial charge in [-0.2, -0.15) is 0 Å². The molecule has 1 aliphatic rings. The summed E-state index contributed by atoms with van der Waals surface area (Å²) >= 11 is 0. The molecule has 156 valence electrons. The Morgan fingerprint density at radius 3 is 2.31 bits per heavy atom. The molecule has 5 nitrogen and oxygen atoms in total. The van der Waals surface area contributed by atoms with Gasteiger partial charge in [0.05, 0.1) is 19.7 Å². The van der Waals surface area contributed by atoms with E-state index in [1.807, 2.05) is 63.2 Å². The smallest absolute Gasteiger partial charge is 0.193 e. The Morgan fingerprint density at radius 2 is 1.72 bits per heavy atom. The number of piperazine rings is 1. The number of aliphatic hydroxyl groups excluding tert-OH is 1. The van der Waals surface area contributed by atoms with Gasteiger partial charge in [0, 0.05) is 35.3 Å². The molecule has 3 N–H and O–H groups in total. The van der Waals surface area contributed by atoms with E-state index < -0.39 is 0 Å². The van der Waals surface area contributed by atoms with Crippen molar-refractivity contribution >= 4 is 5.78 Å². The van der Waals surface area contributed by atoms with Crippen molar-refractivity contribution in [1.29, 1.82) is 0 Å². The largest absolute Gasteiger partial charge is 0.507 e. The number of benzene rings is 2. The zero-order chi connectivity index (χ0) is 21.1. The van der Waals surface area contributed by atoms with Crippen LogP contribution in [0, 0.1) is 0 Å². The Hall–Kier alpha value is -2.21. The van der Waals surface area contributed by atoms with Gasteiger partial charge in [0.25, 0.3) is 0 Å². The molecule has 1 heterocycles. The first-order chi connectivity index (χ1) is 13.8. The highest BCUT2D eigenvalue weighted by atomic mass is 16.3. The fourth-order valence-corrected chi connectivity index (χ4v) is 4.18. The molecule has 1 aliphatic heterocycles. The summed E-state index contributed by atoms with van der Waals surface area (Å²) in [6.45, 7) is 11.0. The molecule has 29 heavy (non-hydrogen) atoms. The highest BCUT2D eigenvalue weighted by molar-refractivity contribution is 6.09. The highest BCUT2D eigenvalue weighted by Gasteiger charge is 2.32. The maximum Gasteiger partial charge on any atom is 0.193 e. The number of aromatic hydroxyl groups is 1. The maximum absolute atomic E-state index is 13.2. The van der Waals surface area contributed by atoms with Gasteiger partial charge in [-0.1, -0.05) is 51.1 Å². The Morgan fingerprint density at radius 1 is 1.07 bits per heavy atom. The molecule has 0 saturated carbocycles. The van der Waals surface area contributed by atoms with Crippen molar-refractivity contribution in [2.75, 3.05) is 39.3 Å². The molecule has 0 bridgehead atoms. The number of ketones is 1. The summed E-state index contributed by atoms with van der Waals surface area (Å²) in [6.07, 6.45) is 0. The molecule has 5 heteroatoms. The fourth-order valence-electron chi connectivity index (χ4n) is 4.18. The summed E-state index contributed by atoms with van der Waals surface area (Å²) < 4.78 is 0.712. The van der Waals surface area contributed by atoms with Crippen molar-refractivity contribution in [3.05, 3.63) is 64.7 Å². The van der Waals surface area contributed by atoms with E-state index in [4.69, 9.17) is 0 Å². The third kappa shape index (κ3) is 4.86. The first kappa shape index (κ1) is 21.5. The Balaban J connectivity index is 2.07. The molecule has 0 spiro atoms. The second-order valence-electron chi connectivity index (χ2n) is 9.12. The summed E-state index contributed by atoms with van der Waals surface area (Å²) in [5.74, 6) is 0.238. The van der Waals surface area contributed by atoms with Crippen LogP contribution in [0.3, 0.4) is 0 Å². The second-order valence-corrected chi connectivity index (χ2v) is 9.12. The second kappa shape index (κ2) is 8.66. The number of phenols is 1. The van der Waals surface area contributed by atoms with Crippen molar-refractivity contribution in [3.63, 3.8) is 0 Å². The summed E-state index contributed by atoms with van der Waals surface area (Å²) in [6, 6.07) is 12.9. The molecular weight excluding hydrogens is 364 g/mol. The number of phenolic OH excluding ortho intramolecular Hbond substituents is 1. The van der Waals surface area contributed by atoms with E-state index in [-0.39, 0.29) is 23.6 Å². The molecule has 2 aromatic rings. The lowest BCUT2D eigenvalue weighted by Crippen LogP contribution is -2.59. The molecule has 1 saturated heterocycles. The van der Waals surface area contributed by atoms with Gasteiger partial charge in [0.1, 0.15) is 18.8 Å². The summed E-state index contributed by atoms with van der Waals surface area (Å²) in [4.78, 5) is 13.2. The molecule has 2 aromatic carbocycles. The van der Waals surface area contributed by atoms with Gasteiger partial charge in [-0.3, -0.25) is 4.79 Å². The average Bonchev–Trinajstić information content (AvgIpc) is 2.69. The molecule has 0 amide bonds. The molecule has 0 unspecified atom stereocenters. The molecule has 0 atom stereocenters. The van der Waals surface area contributed by atoms with E-state index in [2.05, 4.69) is 5.32 Å². The number of hydrogen-bond acceptors (Lipinski definition) is 4. The third-order valence-electron chi connectivity index (χ3n) is 5.90. The lowest BCUT2D eigenvalue weighted by molar-refractivity contribution is -0.942. The number of quaternary nitrogens is 1. The van der Waals surface area contributed by atoms with Gasteiger partial charge in [0.15, 0.2) is 5.78 Å². The number of rotatable bonds is 6.